The van der Waals surface area contributed by atoms with E-state index in [4.69, 9.17) is 0 Å². The summed E-state index contributed by atoms with van der Waals surface area (Å²) in [5.74, 6) is -0.416. The van der Waals surface area contributed by atoms with Crippen LogP contribution in [0.5, 0.6) is 0 Å². The molecule has 18 heavy (non-hydrogen) atoms. The number of hydrogen-bond acceptors (Lipinski definition) is 6. The topological polar surface area (TPSA) is 68.7 Å². The molecule has 1 aromatic rings. The molecule has 0 bridgehead atoms. The molecule has 0 saturated carbocycles. The number of rotatable bonds is 5. The number of anilines is 1. The number of aromatic nitrogens is 1. The zero-order valence-corrected chi connectivity index (χ0v) is 11.6. The van der Waals surface area contributed by atoms with E-state index in [1.807, 2.05) is 0 Å². The molecule has 0 fully saturated rings. The fraction of sp³-hybridized carbons (Fsp3) is 0.364. The highest BCUT2D eigenvalue weighted by Crippen LogP contribution is 2.14. The summed E-state index contributed by atoms with van der Waals surface area (Å²) >= 11 is 3.26. The standard InChI is InChI=1S/C11H13BrN2O4/c1-17-10(15)6-14(7-11(16)18-2)9-4-3-8(12)5-13-9/h3-5H,6-7H2,1-2H3. The van der Waals surface area contributed by atoms with E-state index in [2.05, 4.69) is 30.4 Å². The molecule has 0 atom stereocenters. The summed E-state index contributed by atoms with van der Waals surface area (Å²) in [5.41, 5.74) is 0. The summed E-state index contributed by atoms with van der Waals surface area (Å²) in [6.45, 7) is -0.138. The number of ether oxygens (including phenoxy) is 2. The van der Waals surface area contributed by atoms with E-state index >= 15 is 0 Å². The molecular formula is C11H13BrN2O4. The van der Waals surface area contributed by atoms with Crippen molar-refractivity contribution in [3.63, 3.8) is 0 Å². The third kappa shape index (κ3) is 4.33. The maximum absolute atomic E-state index is 11.3. The number of esters is 2. The second-order valence-electron chi connectivity index (χ2n) is 3.34. The molecule has 0 unspecified atom stereocenters. The number of hydrogen-bond donors (Lipinski definition) is 0. The van der Waals surface area contributed by atoms with Crippen LogP contribution in [0.25, 0.3) is 0 Å². The van der Waals surface area contributed by atoms with Gasteiger partial charge in [-0.1, -0.05) is 0 Å². The van der Waals surface area contributed by atoms with Gasteiger partial charge in [-0.25, -0.2) is 4.98 Å². The molecule has 98 valence electrons. The Hall–Kier alpha value is -1.63. The Morgan fingerprint density at radius 3 is 2.17 bits per heavy atom. The van der Waals surface area contributed by atoms with Crippen LogP contribution in [0.2, 0.25) is 0 Å². The molecule has 6 nitrogen and oxygen atoms in total. The largest absolute Gasteiger partial charge is 0.468 e. The van der Waals surface area contributed by atoms with Crippen LogP contribution >= 0.6 is 15.9 Å². The lowest BCUT2D eigenvalue weighted by molar-refractivity contribution is -0.140. The highest BCUT2D eigenvalue weighted by Gasteiger charge is 2.16. The summed E-state index contributed by atoms with van der Waals surface area (Å²) < 4.78 is 9.95. The fourth-order valence-electron chi connectivity index (χ4n) is 1.21. The summed E-state index contributed by atoms with van der Waals surface area (Å²) in [6.07, 6.45) is 1.58. The molecule has 0 spiro atoms. The average molecular weight is 317 g/mol. The van der Waals surface area contributed by atoms with E-state index in [1.165, 1.54) is 19.1 Å². The predicted molar refractivity (Wildman–Crippen MR) is 68.2 cm³/mol. The third-order valence-electron chi connectivity index (χ3n) is 2.13. The van der Waals surface area contributed by atoms with Gasteiger partial charge >= 0.3 is 11.9 Å². The lowest BCUT2D eigenvalue weighted by Gasteiger charge is -2.20. The van der Waals surface area contributed by atoms with Crippen LogP contribution in [0.3, 0.4) is 0 Å². The number of carbonyl (C=O) groups excluding carboxylic acids is 2. The Bertz CT molecular complexity index is 404. The summed E-state index contributed by atoms with van der Waals surface area (Å²) in [4.78, 5) is 28.2. The Morgan fingerprint density at radius 1 is 1.22 bits per heavy atom. The van der Waals surface area contributed by atoms with E-state index < -0.39 is 11.9 Å². The summed E-state index contributed by atoms with van der Waals surface area (Å²) in [7, 11) is 2.57. The zero-order chi connectivity index (χ0) is 13.5. The molecule has 0 radical (unpaired) electrons. The first-order chi connectivity index (χ1) is 8.56. The van der Waals surface area contributed by atoms with Gasteiger partial charge in [-0.2, -0.15) is 0 Å². The van der Waals surface area contributed by atoms with Crippen LogP contribution < -0.4 is 4.90 Å². The van der Waals surface area contributed by atoms with Gasteiger partial charge in [-0.05, 0) is 28.1 Å². The number of methoxy groups -OCH3 is 2. The number of halogens is 1. The van der Waals surface area contributed by atoms with Crippen molar-refractivity contribution in [3.8, 4) is 0 Å². The van der Waals surface area contributed by atoms with Crippen LogP contribution in [0.4, 0.5) is 5.82 Å². The minimum Gasteiger partial charge on any atom is -0.468 e. The average Bonchev–Trinajstić information content (AvgIpc) is 2.38. The molecule has 0 amide bonds. The summed E-state index contributed by atoms with van der Waals surface area (Å²) in [5, 5.41) is 0. The molecule has 0 aliphatic carbocycles. The lowest BCUT2D eigenvalue weighted by Crippen LogP contribution is -2.36. The minimum atomic E-state index is -0.455. The van der Waals surface area contributed by atoms with E-state index in [9.17, 15) is 9.59 Å². The van der Waals surface area contributed by atoms with Gasteiger partial charge in [0.05, 0.1) is 14.2 Å². The van der Waals surface area contributed by atoms with Gasteiger partial charge < -0.3 is 14.4 Å². The fourth-order valence-corrected chi connectivity index (χ4v) is 1.45. The molecule has 0 aliphatic rings. The van der Waals surface area contributed by atoms with Crippen LogP contribution in [0, 0.1) is 0 Å². The molecule has 0 saturated heterocycles. The smallest absolute Gasteiger partial charge is 0.325 e. The van der Waals surface area contributed by atoms with Gasteiger partial charge in [0.2, 0.25) is 0 Å². The Kier molecular flexibility index (Phi) is 5.57. The third-order valence-corrected chi connectivity index (χ3v) is 2.60. The van der Waals surface area contributed by atoms with Crippen LogP contribution in [0.15, 0.2) is 22.8 Å². The molecule has 1 aromatic heterocycles. The number of carbonyl (C=O) groups is 2. The second-order valence-corrected chi connectivity index (χ2v) is 4.26. The van der Waals surface area contributed by atoms with E-state index in [1.54, 1.807) is 18.3 Å². The quantitative estimate of drug-likeness (QED) is 0.755. The first kappa shape index (κ1) is 14.4. The van der Waals surface area contributed by atoms with Crippen LogP contribution in [0.1, 0.15) is 0 Å². The van der Waals surface area contributed by atoms with Crippen molar-refractivity contribution in [3.05, 3.63) is 22.8 Å². The van der Waals surface area contributed by atoms with Gasteiger partial charge in [-0.3, -0.25) is 9.59 Å². The molecule has 0 N–H and O–H groups in total. The predicted octanol–water partition coefficient (Wildman–Crippen LogP) is 0.996. The van der Waals surface area contributed by atoms with Gasteiger partial charge in [0.1, 0.15) is 18.9 Å². The Labute approximate surface area is 113 Å². The van der Waals surface area contributed by atoms with Gasteiger partial charge in [-0.15, -0.1) is 0 Å². The first-order valence-corrected chi connectivity index (χ1v) is 5.86. The highest BCUT2D eigenvalue weighted by atomic mass is 79.9. The highest BCUT2D eigenvalue weighted by molar-refractivity contribution is 9.10. The van der Waals surface area contributed by atoms with Crippen molar-refractivity contribution < 1.29 is 19.1 Å². The maximum Gasteiger partial charge on any atom is 0.325 e. The van der Waals surface area contributed by atoms with E-state index in [0.717, 1.165) is 4.47 Å². The normalized spacial score (nSPS) is 9.72. The van der Waals surface area contributed by atoms with Gasteiger partial charge in [0.25, 0.3) is 0 Å². The van der Waals surface area contributed by atoms with Gasteiger partial charge in [0.15, 0.2) is 0 Å². The van der Waals surface area contributed by atoms with Crippen molar-refractivity contribution in [2.75, 3.05) is 32.2 Å². The van der Waals surface area contributed by atoms with Gasteiger partial charge in [0, 0.05) is 10.7 Å². The summed E-state index contributed by atoms with van der Waals surface area (Å²) in [6, 6.07) is 3.46. The van der Waals surface area contributed by atoms with Crippen molar-refractivity contribution >= 4 is 33.7 Å². The molecule has 1 heterocycles. The van der Waals surface area contributed by atoms with Crippen molar-refractivity contribution in [2.24, 2.45) is 0 Å². The monoisotopic (exact) mass is 316 g/mol. The zero-order valence-electron chi connectivity index (χ0n) is 10.1. The second kappa shape index (κ2) is 6.95. The van der Waals surface area contributed by atoms with E-state index in [0.29, 0.717) is 5.82 Å². The number of pyridine rings is 1. The first-order valence-electron chi connectivity index (χ1n) is 5.07. The molecule has 0 aliphatic heterocycles. The molecule has 7 heteroatoms. The van der Waals surface area contributed by atoms with Crippen molar-refractivity contribution in [1.82, 2.24) is 4.98 Å². The Morgan fingerprint density at radius 2 is 1.78 bits per heavy atom. The number of nitrogens with zero attached hydrogens (tertiary/aromatic N) is 2. The Balaban J connectivity index is 2.85. The van der Waals surface area contributed by atoms with Crippen molar-refractivity contribution in [1.29, 1.82) is 0 Å². The maximum atomic E-state index is 11.3. The minimum absolute atomic E-state index is 0.0692. The molecule has 0 aromatic carbocycles. The SMILES string of the molecule is COC(=O)CN(CC(=O)OC)c1ccc(Br)cn1. The van der Waals surface area contributed by atoms with Crippen LogP contribution in [-0.4, -0.2) is 44.2 Å². The molecular weight excluding hydrogens is 304 g/mol. The van der Waals surface area contributed by atoms with Crippen molar-refractivity contribution in [2.45, 2.75) is 0 Å². The lowest BCUT2D eigenvalue weighted by atomic mass is 10.4. The van der Waals surface area contributed by atoms with Crippen LogP contribution in [-0.2, 0) is 19.1 Å². The molecule has 1 rings (SSSR count). The van der Waals surface area contributed by atoms with E-state index in [-0.39, 0.29) is 13.1 Å².